The summed E-state index contributed by atoms with van der Waals surface area (Å²) in [7, 11) is 1.44. The van der Waals surface area contributed by atoms with E-state index in [0.717, 1.165) is 51.0 Å². The van der Waals surface area contributed by atoms with Gasteiger partial charge in [0.25, 0.3) is 0 Å². The molecule has 0 amide bonds. The Hall–Kier alpha value is -2.63. The maximum atomic E-state index is 11.4. The van der Waals surface area contributed by atoms with Gasteiger partial charge in [-0.3, -0.25) is 9.69 Å². The van der Waals surface area contributed by atoms with Gasteiger partial charge in [0.1, 0.15) is 12.4 Å². The van der Waals surface area contributed by atoms with E-state index in [9.17, 15) is 4.79 Å². The highest BCUT2D eigenvalue weighted by atomic mass is 32.1. The second-order valence-corrected chi connectivity index (χ2v) is 9.12. The molecular formula is C28H35NO3S. The third-order valence-electron chi connectivity index (χ3n) is 5.90. The molecule has 0 aliphatic carbocycles. The number of aryl methyl sites for hydroxylation is 1. The topological polar surface area (TPSA) is 38.8 Å². The van der Waals surface area contributed by atoms with Crippen molar-refractivity contribution < 1.29 is 14.3 Å². The number of hydrogen-bond acceptors (Lipinski definition) is 5. The summed E-state index contributed by atoms with van der Waals surface area (Å²) in [6.07, 6.45) is 13.6. The van der Waals surface area contributed by atoms with E-state index in [1.165, 1.54) is 23.1 Å². The quantitative estimate of drug-likeness (QED) is 0.148. The molecule has 1 fully saturated rings. The van der Waals surface area contributed by atoms with Crippen molar-refractivity contribution >= 4 is 17.3 Å². The molecule has 1 aromatic carbocycles. The average Bonchev–Trinajstić information content (AvgIpc) is 3.53. The summed E-state index contributed by atoms with van der Waals surface area (Å²) in [5.41, 5.74) is 2.63. The van der Waals surface area contributed by atoms with Gasteiger partial charge in [0, 0.05) is 11.3 Å². The number of rotatable bonds is 13. The van der Waals surface area contributed by atoms with Crippen LogP contribution in [0.3, 0.4) is 0 Å². The zero-order valence-electron chi connectivity index (χ0n) is 19.6. The van der Waals surface area contributed by atoms with Crippen LogP contribution in [-0.2, 0) is 20.7 Å². The van der Waals surface area contributed by atoms with Gasteiger partial charge in [-0.25, -0.2) is 0 Å². The van der Waals surface area contributed by atoms with Crippen molar-refractivity contribution in [3.05, 3.63) is 84.0 Å². The van der Waals surface area contributed by atoms with Crippen LogP contribution in [0, 0.1) is 0 Å². The third-order valence-corrected chi connectivity index (χ3v) is 6.82. The largest absolute Gasteiger partial charge is 0.492 e. The summed E-state index contributed by atoms with van der Waals surface area (Å²) in [5.74, 6) is 0.821. The van der Waals surface area contributed by atoms with E-state index >= 15 is 0 Å². The summed E-state index contributed by atoms with van der Waals surface area (Å²) >= 11 is 1.77. The van der Waals surface area contributed by atoms with Gasteiger partial charge in [0.05, 0.1) is 13.2 Å². The van der Waals surface area contributed by atoms with Crippen LogP contribution in [-0.4, -0.2) is 43.7 Å². The molecular weight excluding hydrogens is 430 g/mol. The lowest BCUT2D eigenvalue weighted by Crippen LogP contribution is -2.33. The molecule has 4 nitrogen and oxygen atoms in total. The Morgan fingerprint density at radius 1 is 1.24 bits per heavy atom. The first-order valence-electron chi connectivity index (χ1n) is 11.8. The first kappa shape index (κ1) is 25.0. The van der Waals surface area contributed by atoms with Crippen LogP contribution in [0.2, 0.25) is 0 Å². The lowest BCUT2D eigenvalue weighted by molar-refractivity contribution is -0.140. The minimum atomic E-state index is -0.146. The van der Waals surface area contributed by atoms with Gasteiger partial charge in [0.15, 0.2) is 0 Å². The van der Waals surface area contributed by atoms with Crippen LogP contribution in [0.5, 0.6) is 0 Å². The molecule has 176 valence electrons. The SMILES string of the molecule is C=C/C=C(\OC/C=C/CCc1ccc(-c2cccs2)cc1)[C@@H]1CCCN1CCCC(=O)OC. The molecule has 1 atom stereocenters. The summed E-state index contributed by atoms with van der Waals surface area (Å²) in [6.45, 7) is 6.32. The number of hydrogen-bond donors (Lipinski definition) is 0. The fourth-order valence-corrected chi connectivity index (χ4v) is 4.91. The van der Waals surface area contributed by atoms with E-state index in [1.807, 2.05) is 6.08 Å². The van der Waals surface area contributed by atoms with Crippen LogP contribution in [0.15, 0.2) is 78.4 Å². The number of likely N-dealkylation sites (tertiary alicyclic amines) is 1. The number of nitrogens with zero attached hydrogens (tertiary/aromatic N) is 1. The molecule has 1 aliphatic heterocycles. The molecule has 0 unspecified atom stereocenters. The molecule has 0 N–H and O–H groups in total. The van der Waals surface area contributed by atoms with Gasteiger partial charge in [-0.05, 0) is 73.8 Å². The molecule has 2 aromatic rings. The van der Waals surface area contributed by atoms with E-state index in [0.29, 0.717) is 13.0 Å². The van der Waals surface area contributed by atoms with Gasteiger partial charge in [-0.15, -0.1) is 11.3 Å². The number of carbonyl (C=O) groups excluding carboxylic acids is 1. The van der Waals surface area contributed by atoms with E-state index in [-0.39, 0.29) is 12.0 Å². The lowest BCUT2D eigenvalue weighted by Gasteiger charge is -2.26. The van der Waals surface area contributed by atoms with Gasteiger partial charge < -0.3 is 9.47 Å². The Bertz CT molecular complexity index is 915. The highest BCUT2D eigenvalue weighted by Crippen LogP contribution is 2.26. The standard InChI is InChI=1S/C28H35NO3S/c1-3-10-26(25-12-7-19-29(25)20-8-14-28(30)31-2)32-21-6-4-5-11-23-15-17-24(18-16-23)27-13-9-22-33-27/h3-4,6,9-10,13,15-18,22,25H,1,5,7-8,11-12,14,19-21H2,2H3/b6-4+,26-10-/t25-/m0/s1. The third kappa shape index (κ3) is 8.02. The summed E-state index contributed by atoms with van der Waals surface area (Å²) < 4.78 is 10.9. The number of esters is 1. The van der Waals surface area contributed by atoms with Crippen molar-refractivity contribution in [2.24, 2.45) is 0 Å². The molecule has 1 aromatic heterocycles. The van der Waals surface area contributed by atoms with Gasteiger partial charge >= 0.3 is 5.97 Å². The molecule has 3 rings (SSSR count). The fraction of sp³-hybridized carbons (Fsp3) is 0.393. The molecule has 2 heterocycles. The second-order valence-electron chi connectivity index (χ2n) is 8.17. The predicted octanol–water partition coefficient (Wildman–Crippen LogP) is 6.41. The Labute approximate surface area is 202 Å². The summed E-state index contributed by atoms with van der Waals surface area (Å²) in [6, 6.07) is 13.4. The molecule has 1 saturated heterocycles. The first-order valence-corrected chi connectivity index (χ1v) is 12.6. The van der Waals surface area contributed by atoms with Crippen LogP contribution in [0.4, 0.5) is 0 Å². The number of carbonyl (C=O) groups is 1. The number of ether oxygens (including phenoxy) is 2. The number of benzene rings is 1. The number of allylic oxidation sites excluding steroid dienone is 3. The normalized spacial score (nSPS) is 16.9. The predicted molar refractivity (Wildman–Crippen MR) is 137 cm³/mol. The van der Waals surface area contributed by atoms with Crippen molar-refractivity contribution in [3.63, 3.8) is 0 Å². The van der Waals surface area contributed by atoms with Gasteiger partial charge in [-0.2, -0.15) is 0 Å². The number of thiophene rings is 1. The highest BCUT2D eigenvalue weighted by Gasteiger charge is 2.28. The average molecular weight is 466 g/mol. The molecule has 0 radical (unpaired) electrons. The maximum absolute atomic E-state index is 11.4. The van der Waals surface area contributed by atoms with E-state index in [2.05, 4.69) is 65.4 Å². The molecule has 1 aliphatic rings. The molecule has 33 heavy (non-hydrogen) atoms. The van der Waals surface area contributed by atoms with Crippen molar-refractivity contribution in [2.75, 3.05) is 26.8 Å². The van der Waals surface area contributed by atoms with Crippen LogP contribution in [0.25, 0.3) is 10.4 Å². The monoisotopic (exact) mass is 465 g/mol. The van der Waals surface area contributed by atoms with Crippen molar-refractivity contribution in [3.8, 4) is 10.4 Å². The lowest BCUT2D eigenvalue weighted by atomic mass is 10.1. The van der Waals surface area contributed by atoms with Crippen LogP contribution in [0.1, 0.15) is 37.7 Å². The van der Waals surface area contributed by atoms with E-state index < -0.39 is 0 Å². The number of methoxy groups -OCH3 is 1. The Balaban J connectivity index is 1.41. The van der Waals surface area contributed by atoms with Crippen molar-refractivity contribution in [1.29, 1.82) is 0 Å². The maximum Gasteiger partial charge on any atom is 0.305 e. The minimum absolute atomic E-state index is 0.146. The first-order chi connectivity index (χ1) is 16.2. The zero-order valence-corrected chi connectivity index (χ0v) is 20.4. The fourth-order valence-electron chi connectivity index (χ4n) is 4.17. The van der Waals surface area contributed by atoms with Crippen molar-refractivity contribution in [2.45, 2.75) is 44.6 Å². The Morgan fingerprint density at radius 3 is 2.82 bits per heavy atom. The highest BCUT2D eigenvalue weighted by molar-refractivity contribution is 7.13. The molecule has 0 bridgehead atoms. The zero-order chi connectivity index (χ0) is 23.3. The Kier molecular flexibility index (Phi) is 10.5. The molecule has 5 heteroatoms. The van der Waals surface area contributed by atoms with Gasteiger partial charge in [-0.1, -0.05) is 55.1 Å². The second kappa shape index (κ2) is 13.8. The van der Waals surface area contributed by atoms with E-state index in [1.54, 1.807) is 17.4 Å². The van der Waals surface area contributed by atoms with Crippen molar-refractivity contribution in [1.82, 2.24) is 4.90 Å². The smallest absolute Gasteiger partial charge is 0.305 e. The summed E-state index contributed by atoms with van der Waals surface area (Å²) in [5, 5.41) is 2.11. The Morgan fingerprint density at radius 2 is 2.09 bits per heavy atom. The van der Waals surface area contributed by atoms with Crippen LogP contribution < -0.4 is 0 Å². The van der Waals surface area contributed by atoms with E-state index in [4.69, 9.17) is 9.47 Å². The van der Waals surface area contributed by atoms with Crippen LogP contribution >= 0.6 is 11.3 Å². The van der Waals surface area contributed by atoms with Gasteiger partial charge in [0.2, 0.25) is 0 Å². The molecule has 0 saturated carbocycles. The molecule has 0 spiro atoms. The minimum Gasteiger partial charge on any atom is -0.492 e. The summed E-state index contributed by atoms with van der Waals surface area (Å²) in [4.78, 5) is 15.1.